The zero-order valence-electron chi connectivity index (χ0n) is 9.83. The highest BCUT2D eigenvalue weighted by Crippen LogP contribution is 2.19. The van der Waals surface area contributed by atoms with Gasteiger partial charge in [-0.3, -0.25) is 0 Å². The van der Waals surface area contributed by atoms with Gasteiger partial charge in [-0.15, -0.1) is 0 Å². The lowest BCUT2D eigenvalue weighted by Gasteiger charge is -2.27. The van der Waals surface area contributed by atoms with Crippen molar-refractivity contribution < 1.29 is 5.11 Å². The Morgan fingerprint density at radius 1 is 1.27 bits per heavy atom. The molecule has 1 atom stereocenters. The summed E-state index contributed by atoms with van der Waals surface area (Å²) in [7, 11) is 0. The molecule has 2 nitrogen and oxygen atoms in total. The Bertz CT molecular complexity index is 280. The van der Waals surface area contributed by atoms with Gasteiger partial charge in [0, 0.05) is 5.54 Å². The van der Waals surface area contributed by atoms with Gasteiger partial charge in [-0.05, 0) is 39.3 Å². The van der Waals surface area contributed by atoms with E-state index >= 15 is 0 Å². The second-order valence-corrected chi connectivity index (χ2v) is 4.56. The maximum atomic E-state index is 9.18. The van der Waals surface area contributed by atoms with Gasteiger partial charge in [0.2, 0.25) is 0 Å². The molecule has 2 N–H and O–H groups in total. The van der Waals surface area contributed by atoms with E-state index in [0.29, 0.717) is 0 Å². The molecule has 1 aromatic carbocycles. The summed E-state index contributed by atoms with van der Waals surface area (Å²) in [5.74, 6) is 0. The highest BCUT2D eigenvalue weighted by atomic mass is 16.3. The Hall–Kier alpha value is -0.860. The first kappa shape index (κ1) is 12.2. The molecule has 0 saturated carbocycles. The minimum absolute atomic E-state index is 0.0316. The molecule has 0 aliphatic heterocycles. The molecule has 1 aromatic rings. The van der Waals surface area contributed by atoms with Crippen molar-refractivity contribution in [3.05, 3.63) is 35.9 Å². The number of aliphatic hydroxyl groups excluding tert-OH is 1. The van der Waals surface area contributed by atoms with E-state index in [2.05, 4.69) is 31.3 Å². The van der Waals surface area contributed by atoms with E-state index in [1.54, 1.807) is 0 Å². The van der Waals surface area contributed by atoms with Gasteiger partial charge in [-0.1, -0.05) is 30.3 Å². The van der Waals surface area contributed by atoms with Crippen LogP contribution in [0.4, 0.5) is 0 Å². The molecule has 0 bridgehead atoms. The number of aliphatic hydroxyl groups is 1. The van der Waals surface area contributed by atoms with Crippen molar-refractivity contribution in [3.63, 3.8) is 0 Å². The van der Waals surface area contributed by atoms with E-state index in [1.807, 2.05) is 25.1 Å². The fourth-order valence-electron chi connectivity index (χ4n) is 1.55. The molecule has 0 radical (unpaired) electrons. The molecule has 0 saturated heterocycles. The van der Waals surface area contributed by atoms with Crippen LogP contribution in [0.1, 0.15) is 32.8 Å². The first-order valence-electron chi connectivity index (χ1n) is 5.51. The minimum atomic E-state index is -0.232. The quantitative estimate of drug-likeness (QED) is 0.776. The third kappa shape index (κ3) is 4.02. The molecule has 84 valence electrons. The van der Waals surface area contributed by atoms with Crippen molar-refractivity contribution in [2.45, 2.75) is 38.8 Å². The molecule has 0 aliphatic carbocycles. The molecular weight excluding hydrogens is 186 g/mol. The van der Waals surface area contributed by atoms with Crippen LogP contribution in [0.3, 0.4) is 0 Å². The first-order chi connectivity index (χ1) is 7.02. The second kappa shape index (κ2) is 5.29. The van der Waals surface area contributed by atoms with Gasteiger partial charge in [0.25, 0.3) is 0 Å². The number of rotatable bonds is 5. The van der Waals surface area contributed by atoms with E-state index in [9.17, 15) is 5.11 Å². The lowest BCUT2D eigenvalue weighted by atomic mass is 9.94. The van der Waals surface area contributed by atoms with Gasteiger partial charge in [0.15, 0.2) is 0 Å². The molecule has 1 unspecified atom stereocenters. The van der Waals surface area contributed by atoms with Gasteiger partial charge in [-0.25, -0.2) is 0 Å². The maximum Gasteiger partial charge on any atom is 0.0524 e. The van der Waals surface area contributed by atoms with Gasteiger partial charge >= 0.3 is 0 Å². The number of hydrogen-bond acceptors (Lipinski definition) is 2. The molecule has 0 amide bonds. The average Bonchev–Trinajstić information content (AvgIpc) is 2.18. The summed E-state index contributed by atoms with van der Waals surface area (Å²) in [4.78, 5) is 0. The zero-order chi connectivity index (χ0) is 11.3. The molecule has 2 heteroatoms. The second-order valence-electron chi connectivity index (χ2n) is 4.56. The van der Waals surface area contributed by atoms with E-state index in [-0.39, 0.29) is 11.6 Å². The van der Waals surface area contributed by atoms with Gasteiger partial charge in [0.05, 0.1) is 6.10 Å². The van der Waals surface area contributed by atoms with Crippen LogP contribution < -0.4 is 5.32 Å². The lowest BCUT2D eigenvalue weighted by molar-refractivity contribution is 0.179. The fraction of sp³-hybridized carbons (Fsp3) is 0.538. The highest BCUT2D eigenvalue weighted by Gasteiger charge is 2.18. The summed E-state index contributed by atoms with van der Waals surface area (Å²) < 4.78 is 0. The predicted molar refractivity (Wildman–Crippen MR) is 63.8 cm³/mol. The van der Waals surface area contributed by atoms with Crippen LogP contribution >= 0.6 is 0 Å². The predicted octanol–water partition coefficient (Wildman–Crippen LogP) is 2.28. The summed E-state index contributed by atoms with van der Waals surface area (Å²) in [5, 5.41) is 12.6. The van der Waals surface area contributed by atoms with Crippen LogP contribution in [-0.2, 0) is 5.54 Å². The van der Waals surface area contributed by atoms with Crippen LogP contribution in [0.25, 0.3) is 0 Å². The van der Waals surface area contributed by atoms with Crippen molar-refractivity contribution in [2.75, 3.05) is 6.54 Å². The van der Waals surface area contributed by atoms with Crippen molar-refractivity contribution in [2.24, 2.45) is 0 Å². The largest absolute Gasteiger partial charge is 0.393 e. The third-order valence-corrected chi connectivity index (χ3v) is 2.62. The standard InChI is InChI=1S/C13H21NO/c1-11(15)9-10-14-13(2,3)12-7-5-4-6-8-12/h4-8,11,14-15H,9-10H2,1-3H3. The average molecular weight is 207 g/mol. The molecule has 15 heavy (non-hydrogen) atoms. The van der Waals surface area contributed by atoms with Crippen molar-refractivity contribution >= 4 is 0 Å². The first-order valence-corrected chi connectivity index (χ1v) is 5.51. The fourth-order valence-corrected chi connectivity index (χ4v) is 1.55. The topological polar surface area (TPSA) is 32.3 Å². The molecule has 0 spiro atoms. The Labute approximate surface area is 92.3 Å². The lowest BCUT2D eigenvalue weighted by Crippen LogP contribution is -2.37. The van der Waals surface area contributed by atoms with Crippen molar-refractivity contribution in [1.82, 2.24) is 5.32 Å². The van der Waals surface area contributed by atoms with Crippen LogP contribution in [0.5, 0.6) is 0 Å². The molecule has 1 rings (SSSR count). The maximum absolute atomic E-state index is 9.18. The van der Waals surface area contributed by atoms with E-state index in [0.717, 1.165) is 13.0 Å². The van der Waals surface area contributed by atoms with E-state index in [4.69, 9.17) is 0 Å². The number of benzene rings is 1. The SMILES string of the molecule is CC(O)CCNC(C)(C)c1ccccc1. The molecule has 0 aliphatic rings. The summed E-state index contributed by atoms with van der Waals surface area (Å²) in [6.07, 6.45) is 0.556. The summed E-state index contributed by atoms with van der Waals surface area (Å²) >= 11 is 0. The normalized spacial score (nSPS) is 13.9. The van der Waals surface area contributed by atoms with Gasteiger partial charge in [-0.2, -0.15) is 0 Å². The Morgan fingerprint density at radius 2 is 1.87 bits per heavy atom. The third-order valence-electron chi connectivity index (χ3n) is 2.62. The van der Waals surface area contributed by atoms with E-state index in [1.165, 1.54) is 5.56 Å². The smallest absolute Gasteiger partial charge is 0.0524 e. The Morgan fingerprint density at radius 3 is 2.40 bits per heavy atom. The van der Waals surface area contributed by atoms with Crippen LogP contribution in [0.2, 0.25) is 0 Å². The van der Waals surface area contributed by atoms with Crippen LogP contribution in [0, 0.1) is 0 Å². The number of hydrogen-bond donors (Lipinski definition) is 2. The minimum Gasteiger partial charge on any atom is -0.393 e. The highest BCUT2D eigenvalue weighted by molar-refractivity contribution is 5.22. The van der Waals surface area contributed by atoms with Gasteiger partial charge < -0.3 is 10.4 Å². The van der Waals surface area contributed by atoms with Gasteiger partial charge in [0.1, 0.15) is 0 Å². The molecule has 0 heterocycles. The van der Waals surface area contributed by atoms with Crippen LogP contribution in [-0.4, -0.2) is 17.8 Å². The summed E-state index contributed by atoms with van der Waals surface area (Å²) in [5.41, 5.74) is 1.24. The Kier molecular flexibility index (Phi) is 4.30. The molecule has 0 aromatic heterocycles. The summed E-state index contributed by atoms with van der Waals surface area (Å²) in [6, 6.07) is 10.4. The molecular formula is C13H21NO. The zero-order valence-corrected chi connectivity index (χ0v) is 9.83. The summed E-state index contributed by atoms with van der Waals surface area (Å²) in [6.45, 7) is 6.96. The van der Waals surface area contributed by atoms with Crippen molar-refractivity contribution in [1.29, 1.82) is 0 Å². The number of nitrogens with one attached hydrogen (secondary N) is 1. The van der Waals surface area contributed by atoms with Crippen molar-refractivity contribution in [3.8, 4) is 0 Å². The van der Waals surface area contributed by atoms with E-state index < -0.39 is 0 Å². The Balaban J connectivity index is 2.52. The molecule has 0 fully saturated rings. The monoisotopic (exact) mass is 207 g/mol. The van der Waals surface area contributed by atoms with Crippen LogP contribution in [0.15, 0.2) is 30.3 Å².